The summed E-state index contributed by atoms with van der Waals surface area (Å²) in [7, 11) is 0. The molecule has 0 N–H and O–H groups in total. The first-order valence-corrected chi connectivity index (χ1v) is 12.0. The number of carbonyl (C=O) groups is 3. The minimum atomic E-state index is -1.31. The van der Waals surface area contributed by atoms with Crippen molar-refractivity contribution in [1.29, 1.82) is 0 Å². The van der Waals surface area contributed by atoms with Crippen molar-refractivity contribution < 1.29 is 23.2 Å². The summed E-state index contributed by atoms with van der Waals surface area (Å²) < 4.78 is 30.9. The molecule has 178 valence electrons. The number of likely N-dealkylation sites (tertiary alicyclic amines) is 1. The Morgan fingerprint density at radius 1 is 1.21 bits per heavy atom. The molecular formula is C25H22BrClF2N2O3. The first-order valence-electron chi connectivity index (χ1n) is 10.8. The Morgan fingerprint density at radius 2 is 1.97 bits per heavy atom. The fourth-order valence-corrected chi connectivity index (χ4v) is 5.00. The van der Waals surface area contributed by atoms with Crippen LogP contribution >= 0.6 is 27.5 Å². The molecule has 1 saturated heterocycles. The molecule has 1 amide bonds. The van der Waals surface area contributed by atoms with E-state index in [1.807, 2.05) is 12.1 Å². The van der Waals surface area contributed by atoms with Crippen molar-refractivity contribution in [3.63, 3.8) is 0 Å². The predicted molar refractivity (Wildman–Crippen MR) is 129 cm³/mol. The van der Waals surface area contributed by atoms with Gasteiger partial charge in [-0.05, 0) is 43.2 Å². The Hall–Kier alpha value is -2.58. The summed E-state index contributed by atoms with van der Waals surface area (Å²) in [5.74, 6) is -1.45. The molecule has 1 fully saturated rings. The molecule has 0 unspecified atom stereocenters. The molecule has 4 rings (SSSR count). The van der Waals surface area contributed by atoms with Crippen molar-refractivity contribution in [1.82, 2.24) is 9.47 Å². The summed E-state index contributed by atoms with van der Waals surface area (Å²) in [5.41, 5.74) is 1.47. The zero-order valence-corrected chi connectivity index (χ0v) is 20.7. The van der Waals surface area contributed by atoms with E-state index in [1.54, 1.807) is 29.0 Å². The Labute approximate surface area is 208 Å². The highest BCUT2D eigenvalue weighted by Gasteiger charge is 2.39. The highest BCUT2D eigenvalue weighted by atomic mass is 79.9. The van der Waals surface area contributed by atoms with Crippen LogP contribution in [-0.4, -0.2) is 45.7 Å². The molecule has 1 aromatic heterocycles. The van der Waals surface area contributed by atoms with Crippen LogP contribution in [0.2, 0.25) is 5.02 Å². The van der Waals surface area contributed by atoms with Gasteiger partial charge in [-0.25, -0.2) is 8.78 Å². The number of aryl methyl sites for hydroxylation is 1. The quantitative estimate of drug-likeness (QED) is 0.362. The van der Waals surface area contributed by atoms with Gasteiger partial charge in [-0.2, -0.15) is 0 Å². The number of ketones is 2. The smallest absolute Gasteiger partial charge is 0.243 e. The average Bonchev–Trinajstić information content (AvgIpc) is 3.35. The van der Waals surface area contributed by atoms with E-state index in [-0.39, 0.29) is 48.9 Å². The van der Waals surface area contributed by atoms with Crippen molar-refractivity contribution in [2.45, 2.75) is 44.9 Å². The zero-order chi connectivity index (χ0) is 24.6. The molecule has 0 aliphatic carbocycles. The molecule has 0 saturated carbocycles. The van der Waals surface area contributed by atoms with Gasteiger partial charge in [0.25, 0.3) is 0 Å². The lowest BCUT2D eigenvalue weighted by atomic mass is 10.0. The second kappa shape index (κ2) is 9.96. The number of hydrogen-bond donors (Lipinski definition) is 0. The molecule has 0 bridgehead atoms. The third kappa shape index (κ3) is 4.93. The van der Waals surface area contributed by atoms with Gasteiger partial charge in [-0.3, -0.25) is 14.4 Å². The number of halogens is 4. The monoisotopic (exact) mass is 550 g/mol. The SMILES string of the molecule is CC(=O)c1cn(CC(=O)N2C[C@H](F)C[C@H]2C(=O)CCc2cccc(Cl)c2F)c2ccc(Br)cc12. The van der Waals surface area contributed by atoms with E-state index >= 15 is 0 Å². The Balaban J connectivity index is 1.51. The Kier molecular flexibility index (Phi) is 7.19. The summed E-state index contributed by atoms with van der Waals surface area (Å²) in [6, 6.07) is 9.07. The second-order valence-electron chi connectivity index (χ2n) is 8.46. The van der Waals surface area contributed by atoms with Gasteiger partial charge < -0.3 is 9.47 Å². The third-order valence-corrected chi connectivity index (χ3v) is 6.93. The highest BCUT2D eigenvalue weighted by Crippen LogP contribution is 2.28. The summed E-state index contributed by atoms with van der Waals surface area (Å²) in [6.45, 7) is 1.14. The molecule has 1 aliphatic rings. The van der Waals surface area contributed by atoms with Gasteiger partial charge in [0.15, 0.2) is 11.6 Å². The number of amides is 1. The van der Waals surface area contributed by atoms with Crippen LogP contribution in [0.5, 0.6) is 0 Å². The number of rotatable bonds is 7. The lowest BCUT2D eigenvalue weighted by Gasteiger charge is -2.24. The van der Waals surface area contributed by atoms with Crippen LogP contribution in [0.1, 0.15) is 35.7 Å². The maximum atomic E-state index is 14.3. The molecule has 2 heterocycles. The molecule has 3 aromatic rings. The Bertz CT molecular complexity index is 1290. The number of carbonyl (C=O) groups excluding carboxylic acids is 3. The number of alkyl halides is 1. The molecular weight excluding hydrogens is 530 g/mol. The predicted octanol–water partition coefficient (Wildman–Crippen LogP) is 5.54. The van der Waals surface area contributed by atoms with E-state index in [4.69, 9.17) is 11.6 Å². The van der Waals surface area contributed by atoms with E-state index in [9.17, 15) is 23.2 Å². The second-order valence-corrected chi connectivity index (χ2v) is 9.79. The average molecular weight is 552 g/mol. The maximum absolute atomic E-state index is 14.3. The van der Waals surface area contributed by atoms with Gasteiger partial charge in [0.2, 0.25) is 5.91 Å². The first kappa shape index (κ1) is 24.5. The summed E-state index contributed by atoms with van der Waals surface area (Å²) in [5, 5.41) is 0.679. The number of aromatic nitrogens is 1. The summed E-state index contributed by atoms with van der Waals surface area (Å²) >= 11 is 9.19. The van der Waals surface area contributed by atoms with Crippen molar-refractivity contribution in [3.8, 4) is 0 Å². The molecule has 9 heteroatoms. The van der Waals surface area contributed by atoms with Crippen LogP contribution in [0.25, 0.3) is 10.9 Å². The van der Waals surface area contributed by atoms with Crippen molar-refractivity contribution >= 4 is 55.9 Å². The van der Waals surface area contributed by atoms with Crippen molar-refractivity contribution in [2.24, 2.45) is 0 Å². The largest absolute Gasteiger partial charge is 0.337 e. The first-order chi connectivity index (χ1) is 16.2. The number of fused-ring (bicyclic) bond motifs is 1. The van der Waals surface area contributed by atoms with E-state index in [2.05, 4.69) is 15.9 Å². The number of hydrogen-bond acceptors (Lipinski definition) is 3. The zero-order valence-electron chi connectivity index (χ0n) is 18.4. The van der Waals surface area contributed by atoms with E-state index in [0.29, 0.717) is 22.0 Å². The van der Waals surface area contributed by atoms with Gasteiger partial charge >= 0.3 is 0 Å². The standard InChI is InChI=1S/C25H22BrClF2N2O3/c1-14(32)19-12-30(21-7-6-16(26)9-18(19)21)13-24(34)31-11-17(28)10-22(31)23(33)8-5-15-3-2-4-20(27)25(15)29/h2-4,6-7,9,12,17,22H,5,8,10-11,13H2,1H3/t17-,22+/m1/s1. The molecule has 5 nitrogen and oxygen atoms in total. The summed E-state index contributed by atoms with van der Waals surface area (Å²) in [4.78, 5) is 39.4. The lowest BCUT2D eigenvalue weighted by Crippen LogP contribution is -2.42. The molecule has 0 radical (unpaired) electrons. The lowest BCUT2D eigenvalue weighted by molar-refractivity contribution is -0.138. The van der Waals surface area contributed by atoms with Crippen LogP contribution < -0.4 is 0 Å². The van der Waals surface area contributed by atoms with Crippen LogP contribution in [0.4, 0.5) is 8.78 Å². The molecule has 0 spiro atoms. The van der Waals surface area contributed by atoms with Gasteiger partial charge in [0.05, 0.1) is 17.6 Å². The minimum absolute atomic E-state index is 0.0256. The normalized spacial score (nSPS) is 18.0. The fraction of sp³-hybridized carbons (Fsp3) is 0.320. The topological polar surface area (TPSA) is 59.4 Å². The number of Topliss-reactive ketones (excluding diaryl/α,β-unsaturated/α-hetero) is 2. The molecule has 2 aromatic carbocycles. The van der Waals surface area contributed by atoms with E-state index in [0.717, 1.165) is 4.47 Å². The van der Waals surface area contributed by atoms with Gasteiger partial charge in [0.1, 0.15) is 18.5 Å². The van der Waals surface area contributed by atoms with E-state index < -0.39 is 23.9 Å². The van der Waals surface area contributed by atoms with Crippen LogP contribution in [0.3, 0.4) is 0 Å². The van der Waals surface area contributed by atoms with Crippen molar-refractivity contribution in [2.75, 3.05) is 6.54 Å². The van der Waals surface area contributed by atoms with Crippen LogP contribution in [0.15, 0.2) is 47.1 Å². The van der Waals surface area contributed by atoms with Gasteiger partial charge in [-0.1, -0.05) is 39.7 Å². The Morgan fingerprint density at radius 3 is 2.71 bits per heavy atom. The molecule has 34 heavy (non-hydrogen) atoms. The maximum Gasteiger partial charge on any atom is 0.243 e. The third-order valence-electron chi connectivity index (χ3n) is 6.14. The molecule has 2 atom stereocenters. The van der Waals surface area contributed by atoms with Gasteiger partial charge in [-0.15, -0.1) is 0 Å². The number of benzene rings is 2. The van der Waals surface area contributed by atoms with Crippen molar-refractivity contribution in [3.05, 3.63) is 69.0 Å². The molecule has 1 aliphatic heterocycles. The summed E-state index contributed by atoms with van der Waals surface area (Å²) in [6.07, 6.45) is 0.290. The van der Waals surface area contributed by atoms with E-state index in [1.165, 1.54) is 17.9 Å². The van der Waals surface area contributed by atoms with Crippen LogP contribution in [-0.2, 0) is 22.6 Å². The van der Waals surface area contributed by atoms with Gasteiger partial charge in [0, 0.05) is 40.0 Å². The van der Waals surface area contributed by atoms with Crippen LogP contribution in [0, 0.1) is 5.82 Å². The minimum Gasteiger partial charge on any atom is -0.337 e. The fourth-order valence-electron chi connectivity index (χ4n) is 4.45. The highest BCUT2D eigenvalue weighted by molar-refractivity contribution is 9.10. The number of nitrogens with zero attached hydrogens (tertiary/aromatic N) is 2.